The number of hydrazine groups is 1. The number of carbonyl (C=O) groups is 3. The number of nitrogens with one attached hydrogen (secondary N) is 2. The lowest BCUT2D eigenvalue weighted by molar-refractivity contribution is -0.144. The van der Waals surface area contributed by atoms with Crippen LogP contribution in [0.3, 0.4) is 0 Å². The summed E-state index contributed by atoms with van der Waals surface area (Å²) in [4.78, 5) is 35.2. The van der Waals surface area contributed by atoms with Crippen molar-refractivity contribution in [2.75, 3.05) is 0 Å². The fourth-order valence-electron chi connectivity index (χ4n) is 2.44. The Bertz CT molecular complexity index is 557. The molecule has 0 unspecified atom stereocenters. The smallest absolute Gasteiger partial charge is 0.306 e. The van der Waals surface area contributed by atoms with E-state index in [1.165, 1.54) is 0 Å². The van der Waals surface area contributed by atoms with Gasteiger partial charge in [-0.2, -0.15) is 0 Å². The fourth-order valence-corrected chi connectivity index (χ4v) is 2.44. The summed E-state index contributed by atoms with van der Waals surface area (Å²) >= 11 is 0. The van der Waals surface area contributed by atoms with E-state index in [0.29, 0.717) is 17.9 Å². The van der Waals surface area contributed by atoms with Gasteiger partial charge >= 0.3 is 5.97 Å². The molecule has 6 heteroatoms. The molecular weight excluding hydrogens is 308 g/mol. The SMILES string of the molecule is CC(C)CC[C@@H](C(=O)O)[C@@H](C)CC(=O)NNC(=O)c1ccccc1. The summed E-state index contributed by atoms with van der Waals surface area (Å²) in [7, 11) is 0. The molecule has 0 radical (unpaired) electrons. The number of amides is 2. The van der Waals surface area contributed by atoms with Gasteiger partial charge in [-0.1, -0.05) is 45.4 Å². The first kappa shape index (κ1) is 19.7. The molecule has 2 amide bonds. The summed E-state index contributed by atoms with van der Waals surface area (Å²) in [5.41, 5.74) is 5.11. The normalized spacial score (nSPS) is 13.2. The quantitative estimate of drug-likeness (QED) is 0.637. The number of aliphatic carboxylic acids is 1. The van der Waals surface area contributed by atoms with E-state index < -0.39 is 23.7 Å². The van der Waals surface area contributed by atoms with Gasteiger partial charge in [-0.3, -0.25) is 25.2 Å². The van der Waals surface area contributed by atoms with E-state index in [2.05, 4.69) is 10.9 Å². The predicted octanol–water partition coefficient (Wildman–Crippen LogP) is 2.61. The monoisotopic (exact) mass is 334 g/mol. The standard InChI is InChI=1S/C18H26N2O4/c1-12(2)9-10-15(18(23)24)13(3)11-16(21)19-20-17(22)14-7-5-4-6-8-14/h4-8,12-13,15H,9-11H2,1-3H3,(H,19,21)(H,20,22)(H,23,24)/t13-,15+/m0/s1. The van der Waals surface area contributed by atoms with Crippen LogP contribution in [0.1, 0.15) is 50.4 Å². The highest BCUT2D eigenvalue weighted by molar-refractivity contribution is 5.95. The number of benzene rings is 1. The van der Waals surface area contributed by atoms with E-state index in [-0.39, 0.29) is 12.3 Å². The van der Waals surface area contributed by atoms with E-state index >= 15 is 0 Å². The molecule has 0 saturated heterocycles. The first-order valence-corrected chi connectivity index (χ1v) is 8.18. The van der Waals surface area contributed by atoms with Gasteiger partial charge < -0.3 is 5.11 Å². The van der Waals surface area contributed by atoms with Gasteiger partial charge in [0.2, 0.25) is 5.91 Å². The Kier molecular flexibility index (Phi) is 7.95. The van der Waals surface area contributed by atoms with Crippen LogP contribution in [-0.2, 0) is 9.59 Å². The van der Waals surface area contributed by atoms with E-state index in [0.717, 1.165) is 6.42 Å². The molecule has 0 aliphatic carbocycles. The zero-order valence-corrected chi connectivity index (χ0v) is 14.4. The van der Waals surface area contributed by atoms with Crippen molar-refractivity contribution < 1.29 is 19.5 Å². The van der Waals surface area contributed by atoms with Crippen molar-refractivity contribution in [3.8, 4) is 0 Å². The van der Waals surface area contributed by atoms with Crippen molar-refractivity contribution in [1.29, 1.82) is 0 Å². The summed E-state index contributed by atoms with van der Waals surface area (Å²) in [6.07, 6.45) is 1.38. The molecule has 0 heterocycles. The van der Waals surface area contributed by atoms with E-state index in [1.807, 2.05) is 13.8 Å². The number of hydrogen-bond acceptors (Lipinski definition) is 3. The van der Waals surface area contributed by atoms with Crippen molar-refractivity contribution in [2.24, 2.45) is 17.8 Å². The molecule has 2 atom stereocenters. The Morgan fingerprint density at radius 1 is 1.00 bits per heavy atom. The van der Waals surface area contributed by atoms with Crippen LogP contribution in [0.25, 0.3) is 0 Å². The van der Waals surface area contributed by atoms with Crippen LogP contribution in [0.2, 0.25) is 0 Å². The molecule has 1 aromatic rings. The minimum absolute atomic E-state index is 0.0458. The molecule has 1 aromatic carbocycles. The van der Waals surface area contributed by atoms with Crippen LogP contribution in [0.15, 0.2) is 30.3 Å². The van der Waals surface area contributed by atoms with Gasteiger partial charge in [-0.25, -0.2) is 0 Å². The first-order chi connectivity index (χ1) is 11.3. The molecule has 3 N–H and O–H groups in total. The molecule has 0 aliphatic rings. The molecule has 0 aliphatic heterocycles. The van der Waals surface area contributed by atoms with Gasteiger partial charge in [0.25, 0.3) is 5.91 Å². The van der Waals surface area contributed by atoms with Gasteiger partial charge in [0.1, 0.15) is 0 Å². The van der Waals surface area contributed by atoms with Crippen molar-refractivity contribution in [3.63, 3.8) is 0 Å². The summed E-state index contributed by atoms with van der Waals surface area (Å²) in [6.45, 7) is 5.82. The topological polar surface area (TPSA) is 95.5 Å². The fraction of sp³-hybridized carbons (Fsp3) is 0.500. The van der Waals surface area contributed by atoms with E-state index in [9.17, 15) is 19.5 Å². The molecule has 0 spiro atoms. The number of rotatable bonds is 8. The number of carboxylic acid groups (broad SMARTS) is 1. The Balaban J connectivity index is 2.47. The third-order valence-corrected chi connectivity index (χ3v) is 3.92. The molecule has 0 fully saturated rings. The van der Waals surface area contributed by atoms with Gasteiger partial charge in [0.15, 0.2) is 0 Å². The summed E-state index contributed by atoms with van der Waals surface area (Å²) < 4.78 is 0. The van der Waals surface area contributed by atoms with Crippen molar-refractivity contribution in [1.82, 2.24) is 10.9 Å². The molecule has 24 heavy (non-hydrogen) atoms. The number of carbonyl (C=O) groups excluding carboxylic acids is 2. The zero-order chi connectivity index (χ0) is 18.1. The van der Waals surface area contributed by atoms with Crippen LogP contribution in [0, 0.1) is 17.8 Å². The lowest BCUT2D eigenvalue weighted by Gasteiger charge is -2.20. The minimum atomic E-state index is -0.885. The second-order valence-electron chi connectivity index (χ2n) is 6.47. The number of hydrogen-bond donors (Lipinski definition) is 3. The Morgan fingerprint density at radius 2 is 1.62 bits per heavy atom. The third-order valence-electron chi connectivity index (χ3n) is 3.92. The molecule has 0 saturated carbocycles. The Labute approximate surface area is 142 Å². The van der Waals surface area contributed by atoms with E-state index in [1.54, 1.807) is 37.3 Å². The molecule has 0 aromatic heterocycles. The molecule has 6 nitrogen and oxygen atoms in total. The van der Waals surface area contributed by atoms with Crippen molar-refractivity contribution in [2.45, 2.75) is 40.0 Å². The highest BCUT2D eigenvalue weighted by Gasteiger charge is 2.26. The Morgan fingerprint density at radius 3 is 2.17 bits per heavy atom. The van der Waals surface area contributed by atoms with Crippen LogP contribution in [0.5, 0.6) is 0 Å². The third kappa shape index (κ3) is 6.81. The molecular formula is C18H26N2O4. The zero-order valence-electron chi connectivity index (χ0n) is 14.4. The van der Waals surface area contributed by atoms with Gasteiger partial charge in [0.05, 0.1) is 5.92 Å². The first-order valence-electron chi connectivity index (χ1n) is 8.18. The predicted molar refractivity (Wildman–Crippen MR) is 91.0 cm³/mol. The average Bonchev–Trinajstić information content (AvgIpc) is 2.52. The highest BCUT2D eigenvalue weighted by Crippen LogP contribution is 2.23. The summed E-state index contributed by atoms with van der Waals surface area (Å²) in [6, 6.07) is 8.52. The summed E-state index contributed by atoms with van der Waals surface area (Å²) in [5, 5.41) is 9.33. The molecule has 0 bridgehead atoms. The number of carboxylic acids is 1. The van der Waals surface area contributed by atoms with Crippen LogP contribution < -0.4 is 10.9 Å². The lowest BCUT2D eigenvalue weighted by Crippen LogP contribution is -2.42. The summed E-state index contributed by atoms with van der Waals surface area (Å²) in [5.74, 6) is -2.16. The van der Waals surface area contributed by atoms with E-state index in [4.69, 9.17) is 0 Å². The highest BCUT2D eigenvalue weighted by atomic mass is 16.4. The second-order valence-corrected chi connectivity index (χ2v) is 6.47. The van der Waals surface area contributed by atoms with Gasteiger partial charge in [-0.15, -0.1) is 0 Å². The van der Waals surface area contributed by atoms with Crippen LogP contribution in [-0.4, -0.2) is 22.9 Å². The Hall–Kier alpha value is -2.37. The van der Waals surface area contributed by atoms with Crippen molar-refractivity contribution in [3.05, 3.63) is 35.9 Å². The van der Waals surface area contributed by atoms with Crippen molar-refractivity contribution >= 4 is 17.8 Å². The molecule has 1 rings (SSSR count). The molecule has 132 valence electrons. The largest absolute Gasteiger partial charge is 0.481 e. The average molecular weight is 334 g/mol. The maximum absolute atomic E-state index is 11.9. The maximum Gasteiger partial charge on any atom is 0.306 e. The van der Waals surface area contributed by atoms with Gasteiger partial charge in [0, 0.05) is 12.0 Å². The van der Waals surface area contributed by atoms with Gasteiger partial charge in [-0.05, 0) is 30.4 Å². The lowest BCUT2D eigenvalue weighted by atomic mass is 9.85. The van der Waals surface area contributed by atoms with Crippen LogP contribution in [0.4, 0.5) is 0 Å². The minimum Gasteiger partial charge on any atom is -0.481 e. The van der Waals surface area contributed by atoms with Crippen LogP contribution >= 0.6 is 0 Å². The maximum atomic E-state index is 11.9. The second kappa shape index (κ2) is 9.70.